The van der Waals surface area contributed by atoms with Crippen LogP contribution in [0.15, 0.2) is 30.3 Å². The number of nitrogens with two attached hydrogens (primary N) is 1. The second-order valence-corrected chi connectivity index (χ2v) is 6.77. The summed E-state index contributed by atoms with van der Waals surface area (Å²) in [5.74, 6) is 4.63. The lowest BCUT2D eigenvalue weighted by molar-refractivity contribution is 0.450. The topological polar surface area (TPSA) is 38.0 Å². The van der Waals surface area contributed by atoms with Gasteiger partial charge in [0, 0.05) is 25.0 Å². The molecule has 5 atom stereocenters. The van der Waals surface area contributed by atoms with Gasteiger partial charge in [0.1, 0.15) is 0 Å². The van der Waals surface area contributed by atoms with E-state index in [1.54, 1.807) is 0 Å². The molecule has 0 heterocycles. The molecule has 3 aliphatic rings. The van der Waals surface area contributed by atoms with Crippen LogP contribution < -0.4 is 11.1 Å². The van der Waals surface area contributed by atoms with Crippen molar-refractivity contribution in [2.24, 2.45) is 29.4 Å². The summed E-state index contributed by atoms with van der Waals surface area (Å²) >= 11 is 0. The number of hydrogen-bond donors (Lipinski definition) is 2. The Kier molecular flexibility index (Phi) is 2.89. The highest BCUT2D eigenvalue weighted by atomic mass is 15.0. The molecule has 0 aromatic heterocycles. The first-order valence-corrected chi connectivity index (χ1v) is 7.87. The number of fused-ring (bicyclic) bond motifs is 5. The number of rotatable bonds is 5. The van der Waals surface area contributed by atoms with Gasteiger partial charge in [0.2, 0.25) is 0 Å². The van der Waals surface area contributed by atoms with Crippen molar-refractivity contribution in [2.75, 3.05) is 13.1 Å². The highest BCUT2D eigenvalue weighted by Crippen LogP contribution is 2.65. The first-order valence-electron chi connectivity index (χ1n) is 7.87. The van der Waals surface area contributed by atoms with Crippen molar-refractivity contribution in [1.82, 2.24) is 5.32 Å². The van der Waals surface area contributed by atoms with E-state index in [1.165, 1.54) is 24.8 Å². The molecule has 1 aromatic rings. The van der Waals surface area contributed by atoms with Gasteiger partial charge in [-0.1, -0.05) is 30.3 Å². The predicted molar refractivity (Wildman–Crippen MR) is 77.8 cm³/mol. The van der Waals surface area contributed by atoms with Crippen LogP contribution in [-0.2, 0) is 0 Å². The summed E-state index contributed by atoms with van der Waals surface area (Å²) in [5, 5.41) is 3.83. The van der Waals surface area contributed by atoms with Gasteiger partial charge in [-0.05, 0) is 48.5 Å². The Bertz CT molecular complexity index is 428. The molecule has 0 saturated heterocycles. The molecule has 3 fully saturated rings. The highest BCUT2D eigenvalue weighted by Gasteiger charge is 2.64. The first-order chi connectivity index (χ1) is 9.38. The summed E-state index contributed by atoms with van der Waals surface area (Å²) < 4.78 is 0. The SMILES string of the molecule is NCC(CNC1C2C3CCC(C3)C12)c1ccccc1. The molecule has 0 amide bonds. The third-order valence-electron chi connectivity index (χ3n) is 5.89. The Labute approximate surface area is 115 Å². The Hall–Kier alpha value is -0.860. The molecule has 5 unspecified atom stereocenters. The molecule has 3 saturated carbocycles. The van der Waals surface area contributed by atoms with E-state index in [1.807, 2.05) is 0 Å². The van der Waals surface area contributed by atoms with E-state index in [9.17, 15) is 0 Å². The summed E-state index contributed by atoms with van der Waals surface area (Å²) in [6.45, 7) is 1.80. The van der Waals surface area contributed by atoms with E-state index in [4.69, 9.17) is 5.73 Å². The van der Waals surface area contributed by atoms with Crippen molar-refractivity contribution >= 4 is 0 Å². The largest absolute Gasteiger partial charge is 0.330 e. The molecule has 2 bridgehead atoms. The minimum Gasteiger partial charge on any atom is -0.330 e. The molecule has 0 spiro atoms. The molecule has 19 heavy (non-hydrogen) atoms. The zero-order chi connectivity index (χ0) is 12.8. The zero-order valence-electron chi connectivity index (χ0n) is 11.5. The molecule has 0 aliphatic heterocycles. The lowest BCUT2D eigenvalue weighted by atomic mass is 9.99. The summed E-state index contributed by atoms with van der Waals surface area (Å²) in [6, 6.07) is 11.5. The standard InChI is InChI=1S/C17H24N2/c18-9-14(11-4-2-1-3-5-11)10-19-17-15-12-6-7-13(8-12)16(15)17/h1-5,12-17,19H,6-10,18H2. The summed E-state index contributed by atoms with van der Waals surface area (Å²) in [7, 11) is 0. The van der Waals surface area contributed by atoms with Gasteiger partial charge in [0.25, 0.3) is 0 Å². The average molecular weight is 256 g/mol. The van der Waals surface area contributed by atoms with Crippen LogP contribution in [0.4, 0.5) is 0 Å². The Morgan fingerprint density at radius 2 is 1.79 bits per heavy atom. The summed E-state index contributed by atoms with van der Waals surface area (Å²) in [5.41, 5.74) is 7.33. The summed E-state index contributed by atoms with van der Waals surface area (Å²) in [4.78, 5) is 0. The normalized spacial score (nSPS) is 40.2. The van der Waals surface area contributed by atoms with Crippen LogP contribution in [0.2, 0.25) is 0 Å². The quantitative estimate of drug-likeness (QED) is 0.849. The molecule has 1 aromatic carbocycles. The van der Waals surface area contributed by atoms with E-state index in [-0.39, 0.29) is 0 Å². The van der Waals surface area contributed by atoms with Crippen molar-refractivity contribution in [1.29, 1.82) is 0 Å². The van der Waals surface area contributed by atoms with Crippen molar-refractivity contribution in [3.8, 4) is 0 Å². The van der Waals surface area contributed by atoms with Crippen molar-refractivity contribution < 1.29 is 0 Å². The fraction of sp³-hybridized carbons (Fsp3) is 0.647. The molecule has 4 rings (SSSR count). The number of nitrogens with one attached hydrogen (secondary N) is 1. The predicted octanol–water partition coefficient (Wildman–Crippen LogP) is 2.36. The molecule has 3 N–H and O–H groups in total. The molecule has 102 valence electrons. The van der Waals surface area contributed by atoms with Gasteiger partial charge in [0.05, 0.1) is 0 Å². The first kappa shape index (κ1) is 11.9. The second-order valence-electron chi connectivity index (χ2n) is 6.77. The maximum atomic E-state index is 5.95. The lowest BCUT2D eigenvalue weighted by Gasteiger charge is -2.18. The van der Waals surface area contributed by atoms with Gasteiger partial charge in [-0.25, -0.2) is 0 Å². The molecular formula is C17H24N2. The van der Waals surface area contributed by atoms with E-state index < -0.39 is 0 Å². The van der Waals surface area contributed by atoms with Crippen molar-refractivity contribution in [3.63, 3.8) is 0 Å². The minimum absolute atomic E-state index is 0.472. The van der Waals surface area contributed by atoms with Crippen LogP contribution in [0.3, 0.4) is 0 Å². The Morgan fingerprint density at radius 1 is 1.11 bits per heavy atom. The minimum atomic E-state index is 0.472. The van der Waals surface area contributed by atoms with Gasteiger partial charge < -0.3 is 11.1 Å². The summed E-state index contributed by atoms with van der Waals surface area (Å²) in [6.07, 6.45) is 4.54. The monoisotopic (exact) mass is 256 g/mol. The number of hydrogen-bond acceptors (Lipinski definition) is 2. The average Bonchev–Trinajstić information content (AvgIpc) is 2.85. The third kappa shape index (κ3) is 1.93. The lowest BCUT2D eigenvalue weighted by Crippen LogP contribution is -2.31. The Balaban J connectivity index is 1.35. The molecule has 2 heteroatoms. The highest BCUT2D eigenvalue weighted by molar-refractivity contribution is 5.21. The molecule has 0 radical (unpaired) electrons. The van der Waals surface area contributed by atoms with E-state index >= 15 is 0 Å². The van der Waals surface area contributed by atoms with Gasteiger partial charge in [0.15, 0.2) is 0 Å². The van der Waals surface area contributed by atoms with Gasteiger partial charge in [-0.3, -0.25) is 0 Å². The van der Waals surface area contributed by atoms with Crippen LogP contribution in [0.25, 0.3) is 0 Å². The van der Waals surface area contributed by atoms with Gasteiger partial charge in [-0.2, -0.15) is 0 Å². The van der Waals surface area contributed by atoms with E-state index in [0.717, 1.165) is 42.8 Å². The molecule has 2 nitrogen and oxygen atoms in total. The van der Waals surface area contributed by atoms with Crippen LogP contribution in [0.1, 0.15) is 30.7 Å². The third-order valence-corrected chi connectivity index (χ3v) is 5.89. The molecule has 3 aliphatic carbocycles. The zero-order valence-corrected chi connectivity index (χ0v) is 11.5. The van der Waals surface area contributed by atoms with Gasteiger partial charge >= 0.3 is 0 Å². The van der Waals surface area contributed by atoms with Crippen LogP contribution in [-0.4, -0.2) is 19.1 Å². The fourth-order valence-corrected chi connectivity index (χ4v) is 4.94. The smallest absolute Gasteiger partial charge is 0.0136 e. The van der Waals surface area contributed by atoms with Crippen LogP contribution in [0, 0.1) is 23.7 Å². The number of benzene rings is 1. The maximum Gasteiger partial charge on any atom is 0.0136 e. The molecular weight excluding hydrogens is 232 g/mol. The van der Waals surface area contributed by atoms with E-state index in [2.05, 4.69) is 35.6 Å². The van der Waals surface area contributed by atoms with Crippen molar-refractivity contribution in [3.05, 3.63) is 35.9 Å². The van der Waals surface area contributed by atoms with Crippen LogP contribution in [0.5, 0.6) is 0 Å². The van der Waals surface area contributed by atoms with Crippen molar-refractivity contribution in [2.45, 2.75) is 31.2 Å². The fourth-order valence-electron chi connectivity index (χ4n) is 4.94. The van der Waals surface area contributed by atoms with Crippen LogP contribution >= 0.6 is 0 Å². The Morgan fingerprint density at radius 3 is 2.42 bits per heavy atom. The van der Waals surface area contributed by atoms with Gasteiger partial charge in [-0.15, -0.1) is 0 Å². The second kappa shape index (κ2) is 4.60. The van der Waals surface area contributed by atoms with E-state index in [0.29, 0.717) is 5.92 Å². The maximum absolute atomic E-state index is 5.95.